The number of nitrogens with two attached hydrogens (primary N) is 1. The molecule has 2 rings (SSSR count). The van der Waals surface area contributed by atoms with E-state index >= 15 is 0 Å². The summed E-state index contributed by atoms with van der Waals surface area (Å²) in [5.74, 6) is 0. The molecule has 6 nitrogen and oxygen atoms in total. The van der Waals surface area contributed by atoms with Gasteiger partial charge in [0.05, 0.1) is 10.6 Å². The van der Waals surface area contributed by atoms with Crippen molar-refractivity contribution in [3.63, 3.8) is 0 Å². The second-order valence-electron chi connectivity index (χ2n) is 3.70. The number of halogens is 4. The van der Waals surface area contributed by atoms with E-state index in [0.717, 1.165) is 12.1 Å². The monoisotopic (exact) mass is 358 g/mol. The van der Waals surface area contributed by atoms with Crippen molar-refractivity contribution in [2.24, 2.45) is 0 Å². The molecule has 0 fully saturated rings. The number of hydrogen-bond acceptors (Lipinski definition) is 6. The Balaban J connectivity index is 2.36. The largest absolute Gasteiger partial charge is 0.417 e. The molecule has 0 amide bonds. The molecular weight excluding hydrogens is 353 g/mol. The summed E-state index contributed by atoms with van der Waals surface area (Å²) < 4.78 is 63.3. The Labute approximate surface area is 125 Å². The maximum Gasteiger partial charge on any atom is 0.417 e. The van der Waals surface area contributed by atoms with Gasteiger partial charge in [-0.25, -0.2) is 0 Å². The number of alkyl halides is 3. The molecule has 0 aliphatic heterocycles. The van der Waals surface area contributed by atoms with Gasteiger partial charge in [0.2, 0.25) is 5.13 Å². The Bertz CT molecular complexity index is 776. The number of nitrogens with zero attached hydrogens (tertiary/aromatic N) is 2. The molecule has 0 aliphatic carbocycles. The van der Waals surface area contributed by atoms with Gasteiger partial charge < -0.3 is 5.73 Å². The summed E-state index contributed by atoms with van der Waals surface area (Å²) in [7, 11) is -4.16. The van der Waals surface area contributed by atoms with Gasteiger partial charge in [-0.3, -0.25) is 4.72 Å². The third kappa shape index (κ3) is 3.54. The lowest BCUT2D eigenvalue weighted by atomic mass is 10.2. The average molecular weight is 359 g/mol. The molecule has 3 N–H and O–H groups in total. The molecule has 0 atom stereocenters. The summed E-state index contributed by atoms with van der Waals surface area (Å²) in [6, 6.07) is 2.63. The Morgan fingerprint density at radius 1 is 1.29 bits per heavy atom. The van der Waals surface area contributed by atoms with Crippen LogP contribution in [0.4, 0.5) is 24.0 Å². The third-order valence-electron chi connectivity index (χ3n) is 2.18. The van der Waals surface area contributed by atoms with Crippen LogP contribution in [0.5, 0.6) is 0 Å². The number of benzene rings is 1. The Morgan fingerprint density at radius 3 is 2.48 bits per heavy atom. The summed E-state index contributed by atoms with van der Waals surface area (Å²) in [5, 5.41) is 6.02. The molecule has 2 aromatic rings. The standard InChI is InChI=1S/C9H6ClF3N4O2S2/c10-6-2-1-4(3-5(6)9(11,12)13)17-21(18,19)8-16-15-7(14)20-8/h1-3,17H,(H2,14,15). The van der Waals surface area contributed by atoms with Crippen molar-refractivity contribution in [3.05, 3.63) is 28.8 Å². The van der Waals surface area contributed by atoms with Crippen molar-refractivity contribution in [1.82, 2.24) is 10.2 Å². The summed E-state index contributed by atoms with van der Waals surface area (Å²) >= 11 is 6.02. The van der Waals surface area contributed by atoms with Crippen LogP contribution in [0.1, 0.15) is 5.56 Å². The predicted octanol–water partition coefficient (Wildman–Crippen LogP) is 2.59. The van der Waals surface area contributed by atoms with Gasteiger partial charge in [-0.2, -0.15) is 21.6 Å². The first kappa shape index (κ1) is 15.8. The highest BCUT2D eigenvalue weighted by molar-refractivity contribution is 7.94. The fraction of sp³-hybridized carbons (Fsp3) is 0.111. The van der Waals surface area contributed by atoms with E-state index in [-0.39, 0.29) is 10.8 Å². The molecule has 0 radical (unpaired) electrons. The molecule has 114 valence electrons. The Morgan fingerprint density at radius 2 is 1.95 bits per heavy atom. The second kappa shape index (κ2) is 5.31. The topological polar surface area (TPSA) is 98.0 Å². The summed E-state index contributed by atoms with van der Waals surface area (Å²) in [6.07, 6.45) is -4.70. The van der Waals surface area contributed by atoms with Crippen LogP contribution in [0.25, 0.3) is 0 Å². The van der Waals surface area contributed by atoms with Crippen LogP contribution < -0.4 is 10.5 Å². The van der Waals surface area contributed by atoms with Gasteiger partial charge in [-0.15, -0.1) is 10.2 Å². The van der Waals surface area contributed by atoms with E-state index in [2.05, 4.69) is 10.2 Å². The van der Waals surface area contributed by atoms with Crippen molar-refractivity contribution in [3.8, 4) is 0 Å². The van der Waals surface area contributed by atoms with Gasteiger partial charge in [0, 0.05) is 5.69 Å². The lowest BCUT2D eigenvalue weighted by Gasteiger charge is -2.11. The zero-order valence-electron chi connectivity index (χ0n) is 9.85. The minimum atomic E-state index is -4.70. The van der Waals surface area contributed by atoms with E-state index in [4.69, 9.17) is 17.3 Å². The van der Waals surface area contributed by atoms with Crippen LogP contribution >= 0.6 is 22.9 Å². The summed E-state index contributed by atoms with van der Waals surface area (Å²) in [6.45, 7) is 0. The first-order valence-electron chi connectivity index (χ1n) is 5.08. The molecule has 0 unspecified atom stereocenters. The van der Waals surface area contributed by atoms with Crippen LogP contribution in [0, 0.1) is 0 Å². The number of rotatable bonds is 3. The van der Waals surface area contributed by atoms with Crippen molar-refractivity contribution >= 4 is 43.8 Å². The van der Waals surface area contributed by atoms with E-state index in [9.17, 15) is 21.6 Å². The van der Waals surface area contributed by atoms with Crippen molar-refractivity contribution in [1.29, 1.82) is 0 Å². The molecule has 0 aliphatic rings. The van der Waals surface area contributed by atoms with Crippen LogP contribution in [0.15, 0.2) is 22.5 Å². The third-order valence-corrected chi connectivity index (χ3v) is 5.01. The highest BCUT2D eigenvalue weighted by Gasteiger charge is 2.33. The van der Waals surface area contributed by atoms with Crippen LogP contribution in [-0.2, 0) is 16.2 Å². The van der Waals surface area contributed by atoms with Crippen molar-refractivity contribution < 1.29 is 21.6 Å². The Kier molecular flexibility index (Phi) is 4.00. The van der Waals surface area contributed by atoms with E-state index in [1.54, 1.807) is 0 Å². The number of nitrogens with one attached hydrogen (secondary N) is 1. The highest BCUT2D eigenvalue weighted by Crippen LogP contribution is 2.36. The zero-order chi connectivity index (χ0) is 15.8. The fourth-order valence-corrected chi connectivity index (χ4v) is 3.39. The molecule has 12 heteroatoms. The molecule has 0 saturated heterocycles. The van der Waals surface area contributed by atoms with Gasteiger partial charge in [-0.1, -0.05) is 22.9 Å². The lowest BCUT2D eigenvalue weighted by molar-refractivity contribution is -0.137. The van der Waals surface area contributed by atoms with Gasteiger partial charge >= 0.3 is 6.18 Å². The molecule has 21 heavy (non-hydrogen) atoms. The quantitative estimate of drug-likeness (QED) is 0.878. The van der Waals surface area contributed by atoms with Crippen molar-refractivity contribution in [2.75, 3.05) is 10.5 Å². The first-order chi connectivity index (χ1) is 9.59. The maximum atomic E-state index is 12.7. The molecule has 0 spiro atoms. The SMILES string of the molecule is Nc1nnc(S(=O)(=O)Nc2ccc(Cl)c(C(F)(F)F)c2)s1. The van der Waals surface area contributed by atoms with E-state index in [1.807, 2.05) is 4.72 Å². The fourth-order valence-electron chi connectivity index (χ4n) is 1.33. The molecule has 0 saturated carbocycles. The Hall–Kier alpha value is -1.59. The van der Waals surface area contributed by atoms with Crippen LogP contribution in [-0.4, -0.2) is 18.6 Å². The normalized spacial score (nSPS) is 12.4. The smallest absolute Gasteiger partial charge is 0.374 e. The number of hydrogen-bond donors (Lipinski definition) is 2. The van der Waals surface area contributed by atoms with Crippen LogP contribution in [0.3, 0.4) is 0 Å². The second-order valence-corrected chi connectivity index (χ2v) is 6.98. The van der Waals surface area contributed by atoms with Gasteiger partial charge in [0.15, 0.2) is 0 Å². The molecule has 1 aromatic heterocycles. The highest BCUT2D eigenvalue weighted by atomic mass is 35.5. The number of sulfonamides is 1. The molecule has 0 bridgehead atoms. The predicted molar refractivity (Wildman–Crippen MR) is 71.6 cm³/mol. The summed E-state index contributed by atoms with van der Waals surface area (Å²) in [4.78, 5) is 0. The first-order valence-corrected chi connectivity index (χ1v) is 7.76. The zero-order valence-corrected chi connectivity index (χ0v) is 12.2. The molecule has 1 heterocycles. The molecule has 1 aromatic carbocycles. The average Bonchev–Trinajstić information content (AvgIpc) is 2.77. The maximum absolute atomic E-state index is 12.7. The van der Waals surface area contributed by atoms with E-state index < -0.39 is 31.1 Å². The number of anilines is 2. The van der Waals surface area contributed by atoms with E-state index in [0.29, 0.717) is 17.4 Å². The van der Waals surface area contributed by atoms with Gasteiger partial charge in [0.25, 0.3) is 14.4 Å². The number of nitrogen functional groups attached to an aromatic ring is 1. The number of aromatic nitrogens is 2. The minimum absolute atomic E-state index is 0.0811. The van der Waals surface area contributed by atoms with Gasteiger partial charge in [-0.05, 0) is 18.2 Å². The van der Waals surface area contributed by atoms with Gasteiger partial charge in [0.1, 0.15) is 0 Å². The lowest BCUT2D eigenvalue weighted by Crippen LogP contribution is -2.14. The van der Waals surface area contributed by atoms with Crippen molar-refractivity contribution in [2.45, 2.75) is 10.5 Å². The minimum Gasteiger partial charge on any atom is -0.374 e. The van der Waals surface area contributed by atoms with Crippen LogP contribution in [0.2, 0.25) is 5.02 Å². The molecular formula is C9H6ClF3N4O2S2. The van der Waals surface area contributed by atoms with E-state index in [1.165, 1.54) is 0 Å². The summed E-state index contributed by atoms with van der Waals surface area (Å²) in [5.41, 5.74) is 3.80.